The minimum atomic E-state index is -4.76. The summed E-state index contributed by atoms with van der Waals surface area (Å²) in [6.45, 7) is 5.82. The summed E-state index contributed by atoms with van der Waals surface area (Å²) in [4.78, 5) is 46.1. The number of nitrogens with one attached hydrogen (secondary N) is 2. The maximum Gasteiger partial charge on any atom is 0.420 e. The Labute approximate surface area is 283 Å². The van der Waals surface area contributed by atoms with Crippen LogP contribution < -0.4 is 25.4 Å². The van der Waals surface area contributed by atoms with Gasteiger partial charge in [-0.2, -0.15) is 26.3 Å². The van der Waals surface area contributed by atoms with Crippen LogP contribution in [-0.2, 0) is 21.9 Å². The van der Waals surface area contributed by atoms with Gasteiger partial charge in [0.25, 0.3) is 23.4 Å². The number of phenols is 1. The van der Waals surface area contributed by atoms with E-state index in [-0.39, 0.29) is 29.9 Å². The maximum atomic E-state index is 14.1. The zero-order valence-corrected chi connectivity index (χ0v) is 26.8. The van der Waals surface area contributed by atoms with E-state index in [0.29, 0.717) is 12.1 Å². The van der Waals surface area contributed by atoms with E-state index in [9.17, 15) is 45.5 Å². The number of carbonyl (C=O) groups excluding carboxylic acids is 4. The third kappa shape index (κ3) is 6.72. The summed E-state index contributed by atoms with van der Waals surface area (Å²) in [5, 5.41) is 14.3. The molecule has 4 aromatic rings. The molecule has 0 bridgehead atoms. The monoisotopic (exact) mass is 716 g/mol. The molecule has 2 amide bonds. The van der Waals surface area contributed by atoms with Crippen LogP contribution in [0, 0.1) is 0 Å². The predicted molar refractivity (Wildman–Crippen MR) is 175 cm³/mol. The molecule has 2 heterocycles. The Morgan fingerprint density at radius 3 is 1.42 bits per heavy atom. The lowest BCUT2D eigenvalue weighted by atomic mass is 10.1. The number of hydrogen-bond acceptors (Lipinski definition) is 6. The smallest absolute Gasteiger partial charge is 0.420 e. The number of fused-ring (bicyclic) bond motifs is 2. The number of Topliss-reactive ketones (excluding diaryl/α,β-unsaturated/α-hetero) is 2. The Bertz CT molecular complexity index is 1950. The van der Waals surface area contributed by atoms with Gasteiger partial charge in [-0.15, -0.1) is 0 Å². The number of benzene rings is 4. The predicted octanol–water partition coefficient (Wildman–Crippen LogP) is 6.96. The Balaban J connectivity index is 0.000000277. The van der Waals surface area contributed by atoms with Gasteiger partial charge in [0.2, 0.25) is 0 Å². The molecule has 0 saturated carbocycles. The van der Waals surface area contributed by atoms with Crippen LogP contribution in [0.3, 0.4) is 0 Å². The minimum absolute atomic E-state index is 0. The minimum Gasteiger partial charge on any atom is -0.534 e. The molecule has 15 heteroatoms. The van der Waals surface area contributed by atoms with Crippen molar-refractivity contribution in [2.75, 3.05) is 10.6 Å². The van der Waals surface area contributed by atoms with Crippen LogP contribution in [0.15, 0.2) is 84.9 Å². The van der Waals surface area contributed by atoms with Gasteiger partial charge in [0, 0.05) is 0 Å². The number of ketones is 2. The van der Waals surface area contributed by atoms with Gasteiger partial charge in [0.1, 0.15) is 11.5 Å². The van der Waals surface area contributed by atoms with Gasteiger partial charge in [0.15, 0.2) is 0 Å². The fourth-order valence-corrected chi connectivity index (χ4v) is 10.1. The van der Waals surface area contributed by atoms with Crippen LogP contribution in [-0.4, -0.2) is 36.8 Å². The largest absolute Gasteiger partial charge is 0.534 e. The van der Waals surface area contributed by atoms with Crippen molar-refractivity contribution in [3.05, 3.63) is 107 Å². The zero-order valence-electron chi connectivity index (χ0n) is 25.8. The quantitative estimate of drug-likeness (QED) is 0.0909. The van der Waals surface area contributed by atoms with Crippen molar-refractivity contribution < 1.29 is 55.1 Å². The van der Waals surface area contributed by atoms with Crippen LogP contribution >= 0.6 is 0 Å². The number of rotatable bonds is 4. The summed E-state index contributed by atoms with van der Waals surface area (Å²) >= 11 is 0. The van der Waals surface area contributed by atoms with Gasteiger partial charge in [-0.1, -0.05) is 88.9 Å². The first-order valence-corrected chi connectivity index (χ1v) is 16.4. The number of amides is 2. The molecule has 0 aromatic heterocycles. The molecule has 0 atom stereocenters. The Kier molecular flexibility index (Phi) is 9.80. The normalized spacial score (nSPS) is 14.1. The summed E-state index contributed by atoms with van der Waals surface area (Å²) in [5.74, 6) is -5.34. The second-order valence-electron chi connectivity index (χ2n) is 12.1. The molecular formula is C35H30F6N2O6Si. The number of aromatic hydroxyl groups is 1. The lowest BCUT2D eigenvalue weighted by Crippen LogP contribution is -2.69. The summed E-state index contributed by atoms with van der Waals surface area (Å²) in [6.07, 6.45) is -9.50. The van der Waals surface area contributed by atoms with Crippen molar-refractivity contribution in [3.8, 4) is 11.5 Å². The second-order valence-corrected chi connectivity index (χ2v) is 16.4. The Morgan fingerprint density at radius 1 is 0.620 bits per heavy atom. The number of halogens is 6. The fourth-order valence-electron chi connectivity index (χ4n) is 5.70. The van der Waals surface area contributed by atoms with Crippen molar-refractivity contribution in [1.29, 1.82) is 0 Å². The van der Waals surface area contributed by atoms with E-state index in [1.165, 1.54) is 0 Å². The van der Waals surface area contributed by atoms with Gasteiger partial charge in [-0.05, 0) is 39.7 Å². The highest BCUT2D eigenvalue weighted by molar-refractivity contribution is 7.00. The SMILES string of the molecule is C.CC(C)(C)[Si](Oc1cc2c(cc1C(F)(F)F)NC(=O)C2=O)(c1ccccc1)c1ccccc1.O=C1Nc2cc(C(F)(F)F)c(O)cc2C1=O. The average molecular weight is 717 g/mol. The fraction of sp³-hybridized carbons (Fsp3) is 0.200. The van der Waals surface area contributed by atoms with Gasteiger partial charge >= 0.3 is 20.7 Å². The highest BCUT2D eigenvalue weighted by Crippen LogP contribution is 2.45. The van der Waals surface area contributed by atoms with Crippen molar-refractivity contribution in [3.63, 3.8) is 0 Å². The number of phenolic OH excluding ortho intramolecular Hbond substituents is 1. The van der Waals surface area contributed by atoms with E-state index in [2.05, 4.69) is 5.32 Å². The maximum absolute atomic E-state index is 14.1. The van der Waals surface area contributed by atoms with Crippen molar-refractivity contribution in [2.45, 2.75) is 45.6 Å². The Hall–Kier alpha value is -5.44. The molecule has 2 aliphatic rings. The van der Waals surface area contributed by atoms with E-state index >= 15 is 0 Å². The molecule has 0 saturated heterocycles. The highest BCUT2D eigenvalue weighted by atomic mass is 28.4. The first-order valence-electron chi connectivity index (χ1n) is 14.5. The van der Waals surface area contributed by atoms with E-state index in [4.69, 9.17) is 9.53 Å². The molecule has 0 aliphatic carbocycles. The third-order valence-corrected chi connectivity index (χ3v) is 12.9. The third-order valence-electron chi connectivity index (χ3n) is 7.94. The average Bonchev–Trinajstić information content (AvgIpc) is 3.46. The van der Waals surface area contributed by atoms with Gasteiger partial charge < -0.3 is 20.2 Å². The first-order chi connectivity index (χ1) is 22.8. The number of anilines is 2. The molecule has 0 fully saturated rings. The van der Waals surface area contributed by atoms with E-state index < -0.39 is 71.7 Å². The standard InChI is InChI=1S/C25H22F3NO3Si.C9H4F3NO3.CH4/c1-24(2,3)33(16-10-6-4-7-11-16,17-12-8-5-9-13-17)32-21-14-18-20(29-23(31)22(18)30)15-19(21)25(26,27)28;10-9(11,12)4-2-5-3(1-6(4)14)7(15)8(16)13-5;/h4-15H,1-3H3,(H,29,30,31);1-2,14H,(H,13,15,16);1H4. The van der Waals surface area contributed by atoms with Gasteiger partial charge in [0.05, 0.1) is 33.6 Å². The first kappa shape index (κ1) is 37.4. The van der Waals surface area contributed by atoms with E-state index in [1.54, 1.807) is 0 Å². The molecule has 50 heavy (non-hydrogen) atoms. The van der Waals surface area contributed by atoms with Crippen LogP contribution in [0.1, 0.15) is 60.0 Å². The second kappa shape index (κ2) is 13.1. The molecule has 8 nitrogen and oxygen atoms in total. The molecule has 0 radical (unpaired) electrons. The number of alkyl halides is 6. The number of hydrogen-bond donors (Lipinski definition) is 3. The van der Waals surface area contributed by atoms with E-state index in [0.717, 1.165) is 22.5 Å². The molecule has 262 valence electrons. The summed E-state index contributed by atoms with van der Waals surface area (Å²) in [6, 6.07) is 21.4. The molecule has 3 N–H and O–H groups in total. The molecule has 4 aromatic carbocycles. The lowest BCUT2D eigenvalue weighted by molar-refractivity contribution is -0.139. The van der Waals surface area contributed by atoms with Crippen molar-refractivity contribution in [2.24, 2.45) is 0 Å². The highest BCUT2D eigenvalue weighted by Gasteiger charge is 2.53. The zero-order chi connectivity index (χ0) is 36.1. The summed E-state index contributed by atoms with van der Waals surface area (Å²) in [7, 11) is -3.39. The van der Waals surface area contributed by atoms with Gasteiger partial charge in [-0.3, -0.25) is 19.2 Å². The van der Waals surface area contributed by atoms with Gasteiger partial charge in [-0.25, -0.2) is 0 Å². The van der Waals surface area contributed by atoms with Crippen molar-refractivity contribution in [1.82, 2.24) is 0 Å². The number of carbonyl (C=O) groups is 4. The topological polar surface area (TPSA) is 122 Å². The van der Waals surface area contributed by atoms with Crippen LogP contribution in [0.25, 0.3) is 0 Å². The van der Waals surface area contributed by atoms with Crippen molar-refractivity contribution >= 4 is 53.4 Å². The molecular weight excluding hydrogens is 686 g/mol. The molecule has 0 unspecified atom stereocenters. The van der Waals surface area contributed by atoms with Crippen LogP contribution in [0.5, 0.6) is 11.5 Å². The summed E-state index contributed by atoms with van der Waals surface area (Å²) in [5.41, 5.74) is -3.10. The summed E-state index contributed by atoms with van der Waals surface area (Å²) < 4.78 is 86.0. The molecule has 0 spiro atoms. The lowest BCUT2D eigenvalue weighted by Gasteiger charge is -2.43. The van der Waals surface area contributed by atoms with E-state index in [1.807, 2.05) is 86.8 Å². The Morgan fingerprint density at radius 2 is 1.02 bits per heavy atom. The molecule has 6 rings (SSSR count). The van der Waals surface area contributed by atoms with Crippen LogP contribution in [0.2, 0.25) is 5.04 Å². The van der Waals surface area contributed by atoms with Crippen LogP contribution in [0.4, 0.5) is 37.7 Å². The molecule has 2 aliphatic heterocycles.